The highest BCUT2D eigenvalue weighted by molar-refractivity contribution is 7.80. The number of phenols is 1. The number of nitrogens with zero attached hydrogens (tertiary/aromatic N) is 2. The molecular weight excluding hydrogens is 638 g/mol. The molecule has 13 N–H and O–H groups in total. The number of hydrogen-bond donors (Lipinski definition) is 11. The van der Waals surface area contributed by atoms with Crippen molar-refractivity contribution >= 4 is 54.1 Å². The van der Waals surface area contributed by atoms with E-state index >= 15 is 0 Å². The van der Waals surface area contributed by atoms with E-state index in [2.05, 4.69) is 38.9 Å². The van der Waals surface area contributed by atoms with Crippen LogP contribution in [0.2, 0.25) is 0 Å². The van der Waals surface area contributed by atoms with Gasteiger partial charge in [0.25, 0.3) is 0 Å². The monoisotopic (exact) mass is 681 g/mol. The predicted octanol–water partition coefficient (Wildman–Crippen LogP) is -4.12. The summed E-state index contributed by atoms with van der Waals surface area (Å²) >= 11 is 3.92. The molecule has 1 aliphatic heterocycles. The van der Waals surface area contributed by atoms with Crippen molar-refractivity contribution in [2.45, 2.75) is 62.3 Å². The van der Waals surface area contributed by atoms with E-state index in [4.69, 9.17) is 17.2 Å². The topological polar surface area (TPSA) is 305 Å². The third-order valence-electron chi connectivity index (χ3n) is 7.18. The molecule has 0 aliphatic carbocycles. The summed E-state index contributed by atoms with van der Waals surface area (Å²) in [4.78, 5) is 81.3. The smallest absolute Gasteiger partial charge is 0.327 e. The Hall–Kier alpha value is -4.62. The molecule has 5 amide bonds. The highest BCUT2D eigenvalue weighted by Gasteiger charge is 2.37. The number of aliphatic hydroxyl groups excluding tert-OH is 1. The van der Waals surface area contributed by atoms with Crippen molar-refractivity contribution in [1.29, 1.82) is 0 Å². The molecule has 5 atom stereocenters. The van der Waals surface area contributed by atoms with Gasteiger partial charge in [-0.15, -0.1) is 0 Å². The molecule has 0 aromatic heterocycles. The number of carboxylic acid groups (broad SMARTS) is 1. The number of guanidine groups is 1. The quantitative estimate of drug-likeness (QED) is 0.0305. The number of amides is 5. The number of carbonyl (C=O) groups excluding carboxylic acids is 5. The molecular formula is C28H43N9O9S. The highest BCUT2D eigenvalue weighted by atomic mass is 32.1. The Labute approximate surface area is 276 Å². The minimum atomic E-state index is -1.32. The number of nitrogens with two attached hydrogens (primary N) is 3. The van der Waals surface area contributed by atoms with Gasteiger partial charge in [-0.1, -0.05) is 12.1 Å². The summed E-state index contributed by atoms with van der Waals surface area (Å²) in [5, 5.41) is 38.0. The molecule has 1 fully saturated rings. The van der Waals surface area contributed by atoms with Crippen molar-refractivity contribution < 1.29 is 44.1 Å². The zero-order valence-corrected chi connectivity index (χ0v) is 26.5. The molecule has 0 bridgehead atoms. The van der Waals surface area contributed by atoms with Crippen LogP contribution < -0.4 is 38.5 Å². The van der Waals surface area contributed by atoms with E-state index in [0.29, 0.717) is 18.4 Å². The fraction of sp³-hybridized carbons (Fsp3) is 0.536. The van der Waals surface area contributed by atoms with Crippen LogP contribution in [-0.4, -0.2) is 124 Å². The van der Waals surface area contributed by atoms with Crippen molar-refractivity contribution in [2.24, 2.45) is 22.2 Å². The Morgan fingerprint density at radius 2 is 1.68 bits per heavy atom. The number of aliphatic carboxylic acids is 1. The third kappa shape index (κ3) is 12.6. The first-order valence-corrected chi connectivity index (χ1v) is 15.4. The highest BCUT2D eigenvalue weighted by Crippen LogP contribution is 2.19. The number of benzene rings is 1. The van der Waals surface area contributed by atoms with Crippen molar-refractivity contribution in [3.63, 3.8) is 0 Å². The molecule has 1 aromatic rings. The standard InChI is InChI=1S/C28H43N9O9S/c29-17(13-38)26(44)37-10-2-4-21(37)25(43)35-19(11-15-5-7-16(39)8-6-15)23(41)33-12-22(40)34-18(3-1-9-32-28(30)31)24(42)36-20(14-47)27(45)46/h5-8,17-21,38-39,47H,1-4,9-14,29H2,(H,33,41)(H,34,40)(H,35,43)(H,36,42)(H,45,46)(H4,30,31,32)/t17-,18-,19-,20-,21-/m0/s1. The number of nitrogens with one attached hydrogen (secondary N) is 4. The van der Waals surface area contributed by atoms with Gasteiger partial charge in [0.1, 0.15) is 36.0 Å². The van der Waals surface area contributed by atoms with Crippen LogP contribution in [0.1, 0.15) is 31.2 Å². The van der Waals surface area contributed by atoms with Gasteiger partial charge in [-0.25, -0.2) is 4.79 Å². The largest absolute Gasteiger partial charge is 0.508 e. The Morgan fingerprint density at radius 1 is 1.00 bits per heavy atom. The molecule has 0 unspecified atom stereocenters. The molecule has 1 aliphatic rings. The number of phenolic OH excluding ortho intramolecular Hbond substituents is 1. The summed E-state index contributed by atoms with van der Waals surface area (Å²) in [7, 11) is 0. The van der Waals surface area contributed by atoms with E-state index in [1.165, 1.54) is 17.0 Å². The first-order chi connectivity index (χ1) is 22.3. The second kappa shape index (κ2) is 19.1. The summed E-state index contributed by atoms with van der Waals surface area (Å²) in [6.45, 7) is -0.859. The van der Waals surface area contributed by atoms with Crippen LogP contribution >= 0.6 is 12.6 Å². The van der Waals surface area contributed by atoms with E-state index in [1.54, 1.807) is 12.1 Å². The average molecular weight is 682 g/mol. The molecule has 2 rings (SSSR count). The zero-order valence-electron chi connectivity index (χ0n) is 25.6. The van der Waals surface area contributed by atoms with Crippen LogP contribution in [0.25, 0.3) is 0 Å². The van der Waals surface area contributed by atoms with Gasteiger partial charge in [0.2, 0.25) is 29.5 Å². The SMILES string of the molecule is NC(N)=NCCC[C@H](NC(=O)CNC(=O)[C@H](Cc1ccc(O)cc1)NC(=O)[C@@H]1CCCN1C(=O)[C@@H](N)CO)C(=O)N[C@@H](CS)C(=O)O. The lowest BCUT2D eigenvalue weighted by Gasteiger charge is -2.28. The first-order valence-electron chi connectivity index (χ1n) is 14.8. The Bertz CT molecular complexity index is 1290. The van der Waals surface area contributed by atoms with E-state index in [1.807, 2.05) is 0 Å². The van der Waals surface area contributed by atoms with Crippen LogP contribution in [0.4, 0.5) is 0 Å². The van der Waals surface area contributed by atoms with Gasteiger partial charge in [0.05, 0.1) is 13.2 Å². The number of hydrogen-bond acceptors (Lipinski definition) is 11. The summed E-state index contributed by atoms with van der Waals surface area (Å²) in [6.07, 6.45) is 1.02. The maximum Gasteiger partial charge on any atom is 0.327 e. The summed E-state index contributed by atoms with van der Waals surface area (Å²) < 4.78 is 0. The molecule has 0 spiro atoms. The molecule has 1 saturated heterocycles. The summed E-state index contributed by atoms with van der Waals surface area (Å²) in [5.74, 6) is -5.33. The molecule has 0 saturated carbocycles. The van der Waals surface area contributed by atoms with Gasteiger partial charge in [-0.05, 0) is 43.4 Å². The second-order valence-corrected chi connectivity index (χ2v) is 11.1. The van der Waals surface area contributed by atoms with Crippen molar-refractivity contribution in [3.05, 3.63) is 29.8 Å². The first kappa shape index (κ1) is 38.6. The van der Waals surface area contributed by atoms with E-state index < -0.39 is 78.9 Å². The van der Waals surface area contributed by atoms with E-state index in [0.717, 1.165) is 0 Å². The Morgan fingerprint density at radius 3 is 2.28 bits per heavy atom. The van der Waals surface area contributed by atoms with Gasteiger partial charge in [0, 0.05) is 25.3 Å². The normalized spacial score (nSPS) is 16.6. The number of thiol groups is 1. The third-order valence-corrected chi connectivity index (χ3v) is 7.54. The lowest BCUT2D eigenvalue weighted by molar-refractivity contribution is -0.141. The molecule has 260 valence electrons. The van der Waals surface area contributed by atoms with Crippen LogP contribution in [0.3, 0.4) is 0 Å². The van der Waals surface area contributed by atoms with Gasteiger partial charge in [0.15, 0.2) is 5.96 Å². The second-order valence-electron chi connectivity index (χ2n) is 10.8. The van der Waals surface area contributed by atoms with Crippen LogP contribution in [0, 0.1) is 0 Å². The van der Waals surface area contributed by atoms with E-state index in [-0.39, 0.29) is 49.8 Å². The number of aliphatic imine (C=N–C) groups is 1. The minimum absolute atomic E-state index is 0.0169. The molecule has 1 heterocycles. The predicted molar refractivity (Wildman–Crippen MR) is 172 cm³/mol. The Balaban J connectivity index is 2.14. The lowest BCUT2D eigenvalue weighted by atomic mass is 10.0. The van der Waals surface area contributed by atoms with Gasteiger partial charge in [-0.2, -0.15) is 12.6 Å². The average Bonchev–Trinajstić information content (AvgIpc) is 3.53. The molecule has 18 nitrogen and oxygen atoms in total. The zero-order chi connectivity index (χ0) is 35.1. The number of aromatic hydroxyl groups is 1. The number of carboxylic acids is 1. The molecule has 1 aromatic carbocycles. The van der Waals surface area contributed by atoms with Crippen molar-refractivity contribution in [3.8, 4) is 5.75 Å². The maximum absolute atomic E-state index is 13.3. The maximum atomic E-state index is 13.3. The van der Waals surface area contributed by atoms with Crippen molar-refractivity contribution in [1.82, 2.24) is 26.2 Å². The molecule has 0 radical (unpaired) electrons. The van der Waals surface area contributed by atoms with Crippen molar-refractivity contribution in [2.75, 3.05) is 32.0 Å². The van der Waals surface area contributed by atoms with E-state index in [9.17, 15) is 44.1 Å². The lowest BCUT2D eigenvalue weighted by Crippen LogP contribution is -2.57. The molecule has 19 heteroatoms. The van der Waals surface area contributed by atoms with Gasteiger partial charge in [-0.3, -0.25) is 29.0 Å². The molecule has 47 heavy (non-hydrogen) atoms. The number of carbonyl (C=O) groups is 6. The van der Waals surface area contributed by atoms with Gasteiger partial charge >= 0.3 is 5.97 Å². The van der Waals surface area contributed by atoms with Gasteiger partial charge < -0.3 is 58.7 Å². The Kier molecular flexibility index (Phi) is 15.7. The fourth-order valence-corrected chi connectivity index (χ4v) is 4.95. The number of rotatable bonds is 18. The summed E-state index contributed by atoms with van der Waals surface area (Å²) in [6, 6.07) is -0.0257. The van der Waals surface area contributed by atoms with Crippen LogP contribution in [0.5, 0.6) is 5.75 Å². The minimum Gasteiger partial charge on any atom is -0.508 e. The number of likely N-dealkylation sites (tertiary alicyclic amines) is 1. The van der Waals surface area contributed by atoms with Crippen LogP contribution in [-0.2, 0) is 35.2 Å². The fourth-order valence-electron chi connectivity index (χ4n) is 4.71. The summed E-state index contributed by atoms with van der Waals surface area (Å²) in [5.41, 5.74) is 16.9. The number of aliphatic hydroxyl groups is 1. The van der Waals surface area contributed by atoms with Crippen LogP contribution in [0.15, 0.2) is 29.3 Å².